The molecule has 1 heterocycles. The Morgan fingerprint density at radius 3 is 2.30 bits per heavy atom. The predicted octanol–water partition coefficient (Wildman–Crippen LogP) is 5.92. The molecule has 0 radical (unpaired) electrons. The first-order valence-corrected chi connectivity index (χ1v) is 11.8. The number of methoxy groups -OCH3 is 1. The molecule has 1 aliphatic rings. The van der Waals surface area contributed by atoms with E-state index in [1.807, 2.05) is 54.6 Å². The van der Waals surface area contributed by atoms with Gasteiger partial charge in [0.25, 0.3) is 0 Å². The van der Waals surface area contributed by atoms with E-state index in [-0.39, 0.29) is 5.91 Å². The molecule has 5 nitrogen and oxygen atoms in total. The monoisotopic (exact) mass is 457 g/mol. The van der Waals surface area contributed by atoms with Crippen LogP contribution in [0.25, 0.3) is 0 Å². The Morgan fingerprint density at radius 2 is 1.64 bits per heavy atom. The lowest BCUT2D eigenvalue weighted by molar-refractivity contribution is -0.118. The molecule has 0 atom stereocenters. The molecule has 3 aromatic rings. The largest absolute Gasteiger partial charge is 0.497 e. The van der Waals surface area contributed by atoms with Gasteiger partial charge in [-0.1, -0.05) is 30.3 Å². The zero-order chi connectivity index (χ0) is 23.2. The maximum absolute atomic E-state index is 12.5. The van der Waals surface area contributed by atoms with Crippen molar-refractivity contribution in [2.24, 2.45) is 9.98 Å². The SMILES string of the molecule is COc1ccc(C2=Nc3cc(C)c(C)cc3N=C(SCC(=O)NCc3ccccc3)C2)cc1. The fourth-order valence-electron chi connectivity index (χ4n) is 3.50. The second kappa shape index (κ2) is 10.5. The molecule has 0 spiro atoms. The van der Waals surface area contributed by atoms with Gasteiger partial charge in [0.05, 0.1) is 35.0 Å². The van der Waals surface area contributed by atoms with E-state index in [4.69, 9.17) is 14.7 Å². The summed E-state index contributed by atoms with van der Waals surface area (Å²) in [5, 5.41) is 3.86. The van der Waals surface area contributed by atoms with Crippen LogP contribution in [0.15, 0.2) is 76.7 Å². The highest BCUT2D eigenvalue weighted by Crippen LogP contribution is 2.36. The molecule has 0 aliphatic carbocycles. The van der Waals surface area contributed by atoms with Gasteiger partial charge in [-0.25, -0.2) is 4.99 Å². The smallest absolute Gasteiger partial charge is 0.230 e. The summed E-state index contributed by atoms with van der Waals surface area (Å²) in [6.45, 7) is 4.68. The highest BCUT2D eigenvalue weighted by Gasteiger charge is 2.17. The van der Waals surface area contributed by atoms with E-state index in [1.165, 1.54) is 22.9 Å². The van der Waals surface area contributed by atoms with Gasteiger partial charge in [-0.3, -0.25) is 9.79 Å². The van der Waals surface area contributed by atoms with Crippen LogP contribution in [0, 0.1) is 13.8 Å². The molecule has 0 unspecified atom stereocenters. The number of carbonyl (C=O) groups is 1. The quantitative estimate of drug-likeness (QED) is 0.500. The van der Waals surface area contributed by atoms with Crippen LogP contribution >= 0.6 is 11.8 Å². The second-order valence-corrected chi connectivity index (χ2v) is 8.99. The van der Waals surface area contributed by atoms with Gasteiger partial charge in [-0.05, 0) is 72.5 Å². The molecule has 0 bridgehead atoms. The van der Waals surface area contributed by atoms with Crippen molar-refractivity contribution in [3.05, 3.63) is 89.0 Å². The molecule has 0 saturated carbocycles. The van der Waals surface area contributed by atoms with Gasteiger partial charge in [0.15, 0.2) is 0 Å². The van der Waals surface area contributed by atoms with Crippen LogP contribution in [0.3, 0.4) is 0 Å². The zero-order valence-electron chi connectivity index (χ0n) is 19.1. The van der Waals surface area contributed by atoms with Gasteiger partial charge in [-0.2, -0.15) is 0 Å². The highest BCUT2D eigenvalue weighted by atomic mass is 32.2. The minimum absolute atomic E-state index is 0.0148. The van der Waals surface area contributed by atoms with E-state index in [0.717, 1.165) is 39.0 Å². The Labute approximate surface area is 199 Å². The van der Waals surface area contributed by atoms with Crippen molar-refractivity contribution in [1.82, 2.24) is 5.32 Å². The minimum atomic E-state index is -0.0148. The zero-order valence-corrected chi connectivity index (χ0v) is 19.9. The van der Waals surface area contributed by atoms with Crippen LogP contribution in [0.4, 0.5) is 11.4 Å². The van der Waals surface area contributed by atoms with E-state index in [1.54, 1.807) is 7.11 Å². The van der Waals surface area contributed by atoms with Crippen molar-refractivity contribution in [2.45, 2.75) is 26.8 Å². The number of ether oxygens (including phenoxy) is 1. The topological polar surface area (TPSA) is 63.1 Å². The molecular weight excluding hydrogens is 430 g/mol. The first-order chi connectivity index (χ1) is 16.0. The van der Waals surface area contributed by atoms with E-state index >= 15 is 0 Å². The number of amides is 1. The number of nitrogens with one attached hydrogen (secondary N) is 1. The molecule has 1 N–H and O–H groups in total. The normalized spacial score (nSPS) is 12.8. The standard InChI is InChI=1S/C27H27N3O2S/c1-18-13-24-25(14-19(18)2)30-27(15-23(29-24)21-9-11-22(32-3)12-10-21)33-17-26(31)28-16-20-7-5-4-6-8-20/h4-14H,15-17H2,1-3H3,(H,28,31). The summed E-state index contributed by atoms with van der Waals surface area (Å²) in [5.41, 5.74) is 7.07. The molecule has 0 saturated heterocycles. The van der Waals surface area contributed by atoms with E-state index in [2.05, 4.69) is 31.3 Å². The maximum Gasteiger partial charge on any atom is 0.230 e. The number of aryl methyl sites for hydroxylation is 2. The third kappa shape index (κ3) is 5.90. The number of hydrogen-bond acceptors (Lipinski definition) is 5. The van der Waals surface area contributed by atoms with Crippen LogP contribution in [0.2, 0.25) is 0 Å². The van der Waals surface area contributed by atoms with E-state index in [0.29, 0.717) is 18.7 Å². The summed E-state index contributed by atoms with van der Waals surface area (Å²) in [6.07, 6.45) is 0.565. The number of fused-ring (bicyclic) bond motifs is 1. The average Bonchev–Trinajstić information content (AvgIpc) is 3.01. The first-order valence-electron chi connectivity index (χ1n) is 10.9. The van der Waals surface area contributed by atoms with Crippen LogP contribution in [0.1, 0.15) is 28.7 Å². The third-order valence-corrected chi connectivity index (χ3v) is 6.51. The van der Waals surface area contributed by atoms with Gasteiger partial charge < -0.3 is 10.1 Å². The molecule has 4 rings (SSSR count). The molecule has 6 heteroatoms. The summed E-state index contributed by atoms with van der Waals surface area (Å²) in [7, 11) is 1.66. The minimum Gasteiger partial charge on any atom is -0.497 e. The second-order valence-electron chi connectivity index (χ2n) is 7.95. The van der Waals surface area contributed by atoms with Crippen molar-refractivity contribution in [1.29, 1.82) is 0 Å². The van der Waals surface area contributed by atoms with Crippen LogP contribution in [-0.4, -0.2) is 29.5 Å². The molecular formula is C27H27N3O2S. The summed E-state index contributed by atoms with van der Waals surface area (Å²) >= 11 is 1.47. The molecule has 33 heavy (non-hydrogen) atoms. The number of benzene rings is 3. The van der Waals surface area contributed by atoms with Crippen molar-refractivity contribution >= 4 is 39.8 Å². The molecule has 168 valence electrons. The van der Waals surface area contributed by atoms with Crippen molar-refractivity contribution in [3.8, 4) is 5.75 Å². The number of rotatable bonds is 6. The van der Waals surface area contributed by atoms with Crippen LogP contribution in [-0.2, 0) is 11.3 Å². The summed E-state index contributed by atoms with van der Waals surface area (Å²) in [5.74, 6) is 1.10. The van der Waals surface area contributed by atoms with Crippen molar-refractivity contribution < 1.29 is 9.53 Å². The first kappa shape index (κ1) is 22.8. The van der Waals surface area contributed by atoms with Gasteiger partial charge in [0, 0.05) is 13.0 Å². The van der Waals surface area contributed by atoms with Crippen molar-refractivity contribution in [3.63, 3.8) is 0 Å². The lowest BCUT2D eigenvalue weighted by atomic mass is 10.1. The fourth-order valence-corrected chi connectivity index (χ4v) is 4.30. The Morgan fingerprint density at radius 1 is 0.970 bits per heavy atom. The Hall–Kier alpha value is -3.38. The molecule has 1 amide bonds. The van der Waals surface area contributed by atoms with Crippen molar-refractivity contribution in [2.75, 3.05) is 12.9 Å². The lowest BCUT2D eigenvalue weighted by Crippen LogP contribution is -2.25. The predicted molar refractivity (Wildman–Crippen MR) is 138 cm³/mol. The van der Waals surface area contributed by atoms with Gasteiger partial charge >= 0.3 is 0 Å². The summed E-state index contributed by atoms with van der Waals surface area (Å²) in [4.78, 5) is 22.3. The number of carbonyl (C=O) groups excluding carboxylic acids is 1. The third-order valence-electron chi connectivity index (χ3n) is 5.54. The summed E-state index contributed by atoms with van der Waals surface area (Å²) < 4.78 is 5.30. The molecule has 0 fully saturated rings. The van der Waals surface area contributed by atoms with E-state index < -0.39 is 0 Å². The van der Waals surface area contributed by atoms with Crippen LogP contribution in [0.5, 0.6) is 5.75 Å². The highest BCUT2D eigenvalue weighted by molar-refractivity contribution is 8.14. The average molecular weight is 458 g/mol. The van der Waals surface area contributed by atoms with Gasteiger partial charge in [0.2, 0.25) is 5.91 Å². The number of hydrogen-bond donors (Lipinski definition) is 1. The van der Waals surface area contributed by atoms with Gasteiger partial charge in [-0.15, -0.1) is 11.8 Å². The van der Waals surface area contributed by atoms with Crippen LogP contribution < -0.4 is 10.1 Å². The van der Waals surface area contributed by atoms with E-state index in [9.17, 15) is 4.79 Å². The lowest BCUT2D eigenvalue weighted by Gasteiger charge is -2.09. The molecule has 1 aliphatic heterocycles. The Kier molecular flexibility index (Phi) is 7.25. The van der Waals surface area contributed by atoms with Gasteiger partial charge in [0.1, 0.15) is 5.75 Å². The fraction of sp³-hybridized carbons (Fsp3) is 0.222. The number of thioether (sulfide) groups is 1. The molecule has 3 aromatic carbocycles. The number of aliphatic imine (C=N–C) groups is 2. The Balaban J connectivity index is 1.53. The summed E-state index contributed by atoms with van der Waals surface area (Å²) in [6, 6.07) is 22.0. The number of nitrogens with zero attached hydrogens (tertiary/aromatic N) is 2. The molecule has 0 aromatic heterocycles. The maximum atomic E-state index is 12.5. The Bertz CT molecular complexity index is 1200.